The zero-order valence-corrected chi connectivity index (χ0v) is 11.8. The van der Waals surface area contributed by atoms with Crippen molar-refractivity contribution in [2.24, 2.45) is 0 Å². The third kappa shape index (κ3) is 4.15. The molecule has 0 amide bonds. The van der Waals surface area contributed by atoms with E-state index in [2.05, 4.69) is 43.8 Å². The fourth-order valence-electron chi connectivity index (χ4n) is 2.13. The molecule has 0 bridgehead atoms. The minimum atomic E-state index is 0.518. The Balaban J connectivity index is 2.54. The molecule has 1 atom stereocenters. The van der Waals surface area contributed by atoms with E-state index in [0.717, 1.165) is 25.9 Å². The molecule has 0 spiro atoms. The third-order valence-corrected chi connectivity index (χ3v) is 3.23. The second kappa shape index (κ2) is 7.49. The van der Waals surface area contributed by atoms with E-state index in [-0.39, 0.29) is 0 Å². The average Bonchev–Trinajstić information content (AvgIpc) is 2.77. The Kier molecular flexibility index (Phi) is 6.27. The highest BCUT2D eigenvalue weighted by atomic mass is 15.3. The van der Waals surface area contributed by atoms with Gasteiger partial charge in [-0.15, -0.1) is 0 Å². The fourth-order valence-corrected chi connectivity index (χ4v) is 2.13. The highest BCUT2D eigenvalue weighted by molar-refractivity contribution is 5.11. The summed E-state index contributed by atoms with van der Waals surface area (Å²) in [6, 6.07) is 2.77. The third-order valence-electron chi connectivity index (χ3n) is 3.23. The van der Waals surface area contributed by atoms with Crippen molar-refractivity contribution < 1.29 is 0 Å². The van der Waals surface area contributed by atoms with E-state index in [1.54, 1.807) is 0 Å². The molecule has 3 heteroatoms. The molecule has 3 nitrogen and oxygen atoms in total. The van der Waals surface area contributed by atoms with E-state index >= 15 is 0 Å². The highest BCUT2D eigenvalue weighted by Crippen LogP contribution is 2.17. The molecule has 0 aliphatic carbocycles. The summed E-state index contributed by atoms with van der Waals surface area (Å²) in [6.07, 6.45) is 4.53. The lowest BCUT2D eigenvalue weighted by molar-refractivity contribution is 0.426. The summed E-state index contributed by atoms with van der Waals surface area (Å²) in [5.74, 6) is 0. The van der Waals surface area contributed by atoms with Crippen LogP contribution in [0.3, 0.4) is 0 Å². The predicted molar refractivity (Wildman–Crippen MR) is 73.5 cm³/mol. The number of rotatable bonds is 8. The maximum atomic E-state index is 4.69. The Morgan fingerprint density at radius 2 is 2.06 bits per heavy atom. The topological polar surface area (TPSA) is 29.9 Å². The van der Waals surface area contributed by atoms with E-state index < -0.39 is 0 Å². The summed E-state index contributed by atoms with van der Waals surface area (Å²) >= 11 is 0. The van der Waals surface area contributed by atoms with Crippen LogP contribution < -0.4 is 5.32 Å². The van der Waals surface area contributed by atoms with Crippen LogP contribution in [0, 0.1) is 0 Å². The van der Waals surface area contributed by atoms with Crippen LogP contribution in [0.5, 0.6) is 0 Å². The van der Waals surface area contributed by atoms with E-state index in [0.29, 0.717) is 6.04 Å². The Bertz CT molecular complexity index is 317. The Labute approximate surface area is 106 Å². The van der Waals surface area contributed by atoms with Gasteiger partial charge in [0, 0.05) is 11.7 Å². The Morgan fingerprint density at radius 1 is 1.29 bits per heavy atom. The van der Waals surface area contributed by atoms with Gasteiger partial charge in [0.1, 0.15) is 0 Å². The van der Waals surface area contributed by atoms with Crippen molar-refractivity contribution in [2.75, 3.05) is 13.1 Å². The van der Waals surface area contributed by atoms with E-state index in [9.17, 15) is 0 Å². The summed E-state index contributed by atoms with van der Waals surface area (Å²) in [5, 5.41) is 8.06. The van der Waals surface area contributed by atoms with Gasteiger partial charge in [0.05, 0.1) is 5.69 Å². The zero-order chi connectivity index (χ0) is 12.7. The van der Waals surface area contributed by atoms with Crippen LogP contribution in [0.4, 0.5) is 0 Å². The van der Waals surface area contributed by atoms with Crippen molar-refractivity contribution >= 4 is 0 Å². The number of nitrogens with one attached hydrogen (secondary N) is 1. The molecule has 1 aromatic rings. The highest BCUT2D eigenvalue weighted by Gasteiger charge is 2.11. The van der Waals surface area contributed by atoms with Crippen LogP contribution in [0.25, 0.3) is 0 Å². The van der Waals surface area contributed by atoms with Crippen LogP contribution in [-0.2, 0) is 12.8 Å². The van der Waals surface area contributed by atoms with Gasteiger partial charge in [-0.2, -0.15) is 5.10 Å². The molecule has 17 heavy (non-hydrogen) atoms. The van der Waals surface area contributed by atoms with Gasteiger partial charge in [0.25, 0.3) is 0 Å². The van der Waals surface area contributed by atoms with Crippen molar-refractivity contribution in [3.63, 3.8) is 0 Å². The molecule has 1 aromatic heterocycles. The van der Waals surface area contributed by atoms with E-state index in [1.165, 1.54) is 24.2 Å². The van der Waals surface area contributed by atoms with Crippen molar-refractivity contribution in [1.29, 1.82) is 0 Å². The number of nitrogens with zero attached hydrogens (tertiary/aromatic N) is 2. The molecule has 0 saturated heterocycles. The van der Waals surface area contributed by atoms with Gasteiger partial charge in [-0.25, -0.2) is 0 Å². The Morgan fingerprint density at radius 3 is 2.65 bits per heavy atom. The number of aryl methyl sites for hydroxylation is 2. The molecule has 1 heterocycles. The molecule has 0 radical (unpaired) electrons. The minimum absolute atomic E-state index is 0.518. The number of hydrogen-bond donors (Lipinski definition) is 1. The second-order valence-corrected chi connectivity index (χ2v) is 4.62. The summed E-state index contributed by atoms with van der Waals surface area (Å²) in [7, 11) is 0. The molecule has 1 rings (SSSR count). The summed E-state index contributed by atoms with van der Waals surface area (Å²) in [4.78, 5) is 0. The van der Waals surface area contributed by atoms with Gasteiger partial charge >= 0.3 is 0 Å². The van der Waals surface area contributed by atoms with Crippen LogP contribution in [-0.4, -0.2) is 22.9 Å². The molecular weight excluding hydrogens is 210 g/mol. The quantitative estimate of drug-likeness (QED) is 0.704. The lowest BCUT2D eigenvalue weighted by atomic mass is 10.1. The normalized spacial score (nSPS) is 12.9. The lowest BCUT2D eigenvalue weighted by Gasteiger charge is -2.15. The van der Waals surface area contributed by atoms with E-state index in [1.807, 2.05) is 0 Å². The lowest BCUT2D eigenvalue weighted by Crippen LogP contribution is -2.16. The molecule has 0 aliphatic rings. The molecule has 0 saturated carbocycles. The maximum Gasteiger partial charge on any atom is 0.0624 e. The number of hydrogen-bond acceptors (Lipinski definition) is 2. The van der Waals surface area contributed by atoms with Gasteiger partial charge in [0.2, 0.25) is 0 Å². The second-order valence-electron chi connectivity index (χ2n) is 4.62. The first-order chi connectivity index (χ1) is 8.22. The molecule has 0 fully saturated rings. The maximum absolute atomic E-state index is 4.69. The van der Waals surface area contributed by atoms with Crippen LogP contribution in [0.1, 0.15) is 58.0 Å². The SMILES string of the molecule is CCNCCCC(C)n1nc(CC)cc1CC. The van der Waals surface area contributed by atoms with E-state index in [4.69, 9.17) is 5.10 Å². The van der Waals surface area contributed by atoms with Crippen molar-refractivity contribution in [1.82, 2.24) is 15.1 Å². The monoisotopic (exact) mass is 237 g/mol. The first kappa shape index (κ1) is 14.2. The molecule has 1 unspecified atom stereocenters. The van der Waals surface area contributed by atoms with Gasteiger partial charge in [0.15, 0.2) is 0 Å². The fraction of sp³-hybridized carbons (Fsp3) is 0.786. The van der Waals surface area contributed by atoms with Gasteiger partial charge in [-0.05, 0) is 51.8 Å². The van der Waals surface area contributed by atoms with Gasteiger partial charge in [-0.1, -0.05) is 20.8 Å². The first-order valence-electron chi connectivity index (χ1n) is 7.00. The van der Waals surface area contributed by atoms with Gasteiger partial charge in [-0.3, -0.25) is 4.68 Å². The molecular formula is C14H27N3. The smallest absolute Gasteiger partial charge is 0.0624 e. The van der Waals surface area contributed by atoms with Crippen LogP contribution in [0.15, 0.2) is 6.07 Å². The summed E-state index contributed by atoms with van der Waals surface area (Å²) in [5.41, 5.74) is 2.60. The average molecular weight is 237 g/mol. The van der Waals surface area contributed by atoms with Crippen molar-refractivity contribution in [3.05, 3.63) is 17.5 Å². The summed E-state index contributed by atoms with van der Waals surface area (Å²) < 4.78 is 2.23. The molecule has 0 aliphatic heterocycles. The largest absolute Gasteiger partial charge is 0.317 e. The van der Waals surface area contributed by atoms with Crippen LogP contribution >= 0.6 is 0 Å². The molecule has 1 N–H and O–H groups in total. The molecule has 0 aromatic carbocycles. The van der Waals surface area contributed by atoms with Gasteiger partial charge < -0.3 is 5.32 Å². The van der Waals surface area contributed by atoms with Crippen LogP contribution in [0.2, 0.25) is 0 Å². The minimum Gasteiger partial charge on any atom is -0.317 e. The standard InChI is InChI=1S/C14H27N3/c1-5-13-11-14(6-2)17(16-13)12(4)9-8-10-15-7-3/h11-12,15H,5-10H2,1-4H3. The Hall–Kier alpha value is -0.830. The first-order valence-corrected chi connectivity index (χ1v) is 7.00. The zero-order valence-electron chi connectivity index (χ0n) is 11.8. The predicted octanol–water partition coefficient (Wildman–Crippen LogP) is 2.96. The summed E-state index contributed by atoms with van der Waals surface area (Å²) in [6.45, 7) is 11.0. The van der Waals surface area contributed by atoms with Crippen molar-refractivity contribution in [2.45, 2.75) is 59.4 Å². The van der Waals surface area contributed by atoms with Crippen molar-refractivity contribution in [3.8, 4) is 0 Å². The number of aromatic nitrogens is 2. The molecule has 98 valence electrons.